The van der Waals surface area contributed by atoms with Crippen LogP contribution in [0.1, 0.15) is 22.3 Å². The van der Waals surface area contributed by atoms with Gasteiger partial charge in [0.15, 0.2) is 0 Å². The summed E-state index contributed by atoms with van der Waals surface area (Å²) >= 11 is 3.57. The Morgan fingerprint density at radius 1 is 0.889 bits per heavy atom. The zero-order chi connectivity index (χ0) is 13.0. The van der Waals surface area contributed by atoms with Gasteiger partial charge in [-0.1, -0.05) is 52.3 Å². The molecule has 0 aliphatic carbocycles. The third-order valence-corrected chi connectivity index (χ3v) is 3.99. The van der Waals surface area contributed by atoms with Crippen molar-refractivity contribution in [3.63, 3.8) is 0 Å². The minimum absolute atomic E-state index is 0.884. The normalized spacial score (nSPS) is 10.6. The number of benzene rings is 2. The Bertz CT molecular complexity index is 514. The molecule has 0 spiro atoms. The van der Waals surface area contributed by atoms with Crippen molar-refractivity contribution in [1.29, 1.82) is 0 Å². The standard InChI is InChI=1S/C16H18BrN/c1-12-6-5-7-13(2)15(12)11-18-10-14-8-3-4-9-16(14)17/h3-9,18H,10-11H2,1-2H3. The molecule has 0 aliphatic heterocycles. The minimum Gasteiger partial charge on any atom is -0.309 e. The van der Waals surface area contributed by atoms with Crippen molar-refractivity contribution in [2.24, 2.45) is 0 Å². The van der Waals surface area contributed by atoms with Crippen molar-refractivity contribution < 1.29 is 0 Å². The summed E-state index contributed by atoms with van der Waals surface area (Å²) in [5, 5.41) is 3.51. The predicted octanol–water partition coefficient (Wildman–Crippen LogP) is 4.36. The van der Waals surface area contributed by atoms with Gasteiger partial charge in [-0.3, -0.25) is 0 Å². The van der Waals surface area contributed by atoms with E-state index in [4.69, 9.17) is 0 Å². The van der Waals surface area contributed by atoms with Gasteiger partial charge < -0.3 is 5.32 Å². The van der Waals surface area contributed by atoms with Crippen LogP contribution in [0.3, 0.4) is 0 Å². The number of aryl methyl sites for hydroxylation is 2. The lowest BCUT2D eigenvalue weighted by molar-refractivity contribution is 0.686. The smallest absolute Gasteiger partial charge is 0.0220 e. The third-order valence-electron chi connectivity index (χ3n) is 3.22. The SMILES string of the molecule is Cc1cccc(C)c1CNCc1ccccc1Br. The van der Waals surface area contributed by atoms with Crippen molar-refractivity contribution in [2.45, 2.75) is 26.9 Å². The maximum atomic E-state index is 3.57. The Hall–Kier alpha value is -1.12. The lowest BCUT2D eigenvalue weighted by atomic mass is 10.0. The van der Waals surface area contributed by atoms with E-state index >= 15 is 0 Å². The molecule has 18 heavy (non-hydrogen) atoms. The van der Waals surface area contributed by atoms with Crippen LogP contribution in [0.5, 0.6) is 0 Å². The average molecular weight is 304 g/mol. The molecule has 2 heteroatoms. The summed E-state index contributed by atoms with van der Waals surface area (Å²) in [6.45, 7) is 6.14. The second-order valence-electron chi connectivity index (χ2n) is 4.57. The number of hydrogen-bond donors (Lipinski definition) is 1. The highest BCUT2D eigenvalue weighted by Crippen LogP contribution is 2.16. The van der Waals surface area contributed by atoms with E-state index in [1.807, 2.05) is 6.07 Å². The van der Waals surface area contributed by atoms with Crippen LogP contribution in [0.15, 0.2) is 46.9 Å². The number of rotatable bonds is 4. The maximum Gasteiger partial charge on any atom is 0.0220 e. The summed E-state index contributed by atoms with van der Waals surface area (Å²) < 4.78 is 1.17. The van der Waals surface area contributed by atoms with Gasteiger partial charge in [-0.05, 0) is 42.2 Å². The highest BCUT2D eigenvalue weighted by atomic mass is 79.9. The molecule has 2 aromatic carbocycles. The molecule has 0 atom stereocenters. The minimum atomic E-state index is 0.884. The summed E-state index contributed by atoms with van der Waals surface area (Å²) in [7, 11) is 0. The molecular formula is C16H18BrN. The summed E-state index contributed by atoms with van der Waals surface area (Å²) in [6, 6.07) is 14.8. The van der Waals surface area contributed by atoms with Gasteiger partial charge in [0, 0.05) is 17.6 Å². The summed E-state index contributed by atoms with van der Waals surface area (Å²) in [4.78, 5) is 0. The van der Waals surface area contributed by atoms with Gasteiger partial charge in [-0.15, -0.1) is 0 Å². The van der Waals surface area contributed by atoms with E-state index in [0.29, 0.717) is 0 Å². The second kappa shape index (κ2) is 6.17. The highest BCUT2D eigenvalue weighted by molar-refractivity contribution is 9.10. The number of halogens is 1. The topological polar surface area (TPSA) is 12.0 Å². The Kier molecular flexibility index (Phi) is 4.56. The molecule has 0 unspecified atom stereocenters. The molecule has 0 aliphatic rings. The molecule has 94 valence electrons. The van der Waals surface area contributed by atoms with E-state index in [1.165, 1.54) is 26.7 Å². The zero-order valence-electron chi connectivity index (χ0n) is 10.8. The summed E-state index contributed by atoms with van der Waals surface area (Å²) in [6.07, 6.45) is 0. The van der Waals surface area contributed by atoms with Crippen LogP contribution < -0.4 is 5.32 Å². The van der Waals surface area contributed by atoms with Crippen LogP contribution in [-0.2, 0) is 13.1 Å². The molecule has 0 radical (unpaired) electrons. The maximum absolute atomic E-state index is 3.57. The van der Waals surface area contributed by atoms with Gasteiger partial charge in [0.1, 0.15) is 0 Å². The molecule has 2 aromatic rings. The Morgan fingerprint density at radius 3 is 2.22 bits per heavy atom. The largest absolute Gasteiger partial charge is 0.309 e. The second-order valence-corrected chi connectivity index (χ2v) is 5.42. The van der Waals surface area contributed by atoms with Gasteiger partial charge in [-0.2, -0.15) is 0 Å². The number of hydrogen-bond acceptors (Lipinski definition) is 1. The quantitative estimate of drug-likeness (QED) is 0.885. The molecule has 2 rings (SSSR count). The molecule has 0 aromatic heterocycles. The van der Waals surface area contributed by atoms with Crippen molar-refractivity contribution in [1.82, 2.24) is 5.32 Å². The molecule has 0 saturated heterocycles. The first kappa shape index (κ1) is 13.3. The fourth-order valence-corrected chi connectivity index (χ4v) is 2.52. The first-order valence-electron chi connectivity index (χ1n) is 6.17. The van der Waals surface area contributed by atoms with Crippen molar-refractivity contribution in [2.75, 3.05) is 0 Å². The lowest BCUT2D eigenvalue weighted by Gasteiger charge is -2.11. The van der Waals surface area contributed by atoms with Crippen LogP contribution in [0.4, 0.5) is 0 Å². The average Bonchev–Trinajstić information content (AvgIpc) is 2.35. The van der Waals surface area contributed by atoms with Gasteiger partial charge in [0.05, 0.1) is 0 Å². The molecule has 0 amide bonds. The van der Waals surface area contributed by atoms with Crippen molar-refractivity contribution >= 4 is 15.9 Å². The van der Waals surface area contributed by atoms with E-state index in [-0.39, 0.29) is 0 Å². The summed E-state index contributed by atoms with van der Waals surface area (Å²) in [5.41, 5.74) is 5.41. The van der Waals surface area contributed by atoms with Gasteiger partial charge in [0.2, 0.25) is 0 Å². The first-order valence-corrected chi connectivity index (χ1v) is 6.97. The fraction of sp³-hybridized carbons (Fsp3) is 0.250. The van der Waals surface area contributed by atoms with E-state index < -0.39 is 0 Å². The Morgan fingerprint density at radius 2 is 1.56 bits per heavy atom. The van der Waals surface area contributed by atoms with E-state index in [9.17, 15) is 0 Å². The molecule has 0 bridgehead atoms. The molecule has 0 fully saturated rings. The van der Waals surface area contributed by atoms with Crippen LogP contribution in [-0.4, -0.2) is 0 Å². The van der Waals surface area contributed by atoms with Crippen LogP contribution >= 0.6 is 15.9 Å². The van der Waals surface area contributed by atoms with Gasteiger partial charge in [0.25, 0.3) is 0 Å². The lowest BCUT2D eigenvalue weighted by Crippen LogP contribution is -2.14. The molecule has 1 nitrogen and oxygen atoms in total. The fourth-order valence-electron chi connectivity index (χ4n) is 2.09. The van der Waals surface area contributed by atoms with Crippen LogP contribution in [0.25, 0.3) is 0 Å². The highest BCUT2D eigenvalue weighted by Gasteiger charge is 2.02. The van der Waals surface area contributed by atoms with Crippen molar-refractivity contribution in [3.8, 4) is 0 Å². The van der Waals surface area contributed by atoms with Crippen molar-refractivity contribution in [3.05, 3.63) is 69.2 Å². The van der Waals surface area contributed by atoms with E-state index in [0.717, 1.165) is 13.1 Å². The monoisotopic (exact) mass is 303 g/mol. The third kappa shape index (κ3) is 3.21. The van der Waals surface area contributed by atoms with Crippen LogP contribution in [0.2, 0.25) is 0 Å². The molecule has 1 N–H and O–H groups in total. The first-order chi connectivity index (χ1) is 8.68. The summed E-state index contributed by atoms with van der Waals surface area (Å²) in [5.74, 6) is 0. The Labute approximate surface area is 117 Å². The molecular weight excluding hydrogens is 286 g/mol. The predicted molar refractivity (Wildman–Crippen MR) is 80.6 cm³/mol. The molecule has 0 saturated carbocycles. The number of nitrogens with one attached hydrogen (secondary N) is 1. The van der Waals surface area contributed by atoms with E-state index in [1.54, 1.807) is 0 Å². The van der Waals surface area contributed by atoms with Gasteiger partial charge in [-0.25, -0.2) is 0 Å². The van der Waals surface area contributed by atoms with Crippen LogP contribution in [0, 0.1) is 13.8 Å². The van der Waals surface area contributed by atoms with E-state index in [2.05, 4.69) is 71.5 Å². The molecule has 0 heterocycles. The zero-order valence-corrected chi connectivity index (χ0v) is 12.4. The van der Waals surface area contributed by atoms with Gasteiger partial charge >= 0.3 is 0 Å². The Balaban J connectivity index is 1.99.